The van der Waals surface area contributed by atoms with Gasteiger partial charge in [-0.25, -0.2) is 4.79 Å². The van der Waals surface area contributed by atoms with E-state index in [0.717, 1.165) is 56.6 Å². The zero-order valence-corrected chi connectivity index (χ0v) is 14.1. The van der Waals surface area contributed by atoms with Crippen LogP contribution in [0.15, 0.2) is 24.3 Å². The van der Waals surface area contributed by atoms with Crippen LogP contribution in [0.5, 0.6) is 0 Å². The number of carbonyl (C=O) groups excluding carboxylic acids is 1. The zero-order chi connectivity index (χ0) is 16.6. The fourth-order valence-electron chi connectivity index (χ4n) is 2.69. The molecule has 1 saturated carbocycles. The van der Waals surface area contributed by atoms with Crippen LogP contribution in [0.3, 0.4) is 0 Å². The van der Waals surface area contributed by atoms with Crippen LogP contribution in [0.2, 0.25) is 0 Å². The molecule has 1 aromatic rings. The number of nitrogens with one attached hydrogen (secondary N) is 2. The quantitative estimate of drug-likeness (QED) is 0.764. The first-order valence-corrected chi connectivity index (χ1v) is 8.81. The van der Waals surface area contributed by atoms with Crippen LogP contribution in [0.4, 0.5) is 10.5 Å². The van der Waals surface area contributed by atoms with Gasteiger partial charge in [-0.15, -0.1) is 0 Å². The van der Waals surface area contributed by atoms with Crippen molar-refractivity contribution in [2.24, 2.45) is 5.92 Å². The summed E-state index contributed by atoms with van der Waals surface area (Å²) in [4.78, 5) is 14.3. The fourth-order valence-corrected chi connectivity index (χ4v) is 2.69. The molecule has 1 aromatic carbocycles. The number of hydrogen-bond donors (Lipinski definition) is 2. The Balaban J connectivity index is 1.35. The van der Waals surface area contributed by atoms with Gasteiger partial charge in [-0.2, -0.15) is 0 Å². The Bertz CT molecular complexity index is 528. The molecular formula is C18H27N3O3. The third-order valence-corrected chi connectivity index (χ3v) is 4.32. The van der Waals surface area contributed by atoms with Gasteiger partial charge in [0.25, 0.3) is 0 Å². The predicted octanol–water partition coefficient (Wildman–Crippen LogP) is 2.07. The largest absolute Gasteiger partial charge is 0.379 e. The predicted molar refractivity (Wildman–Crippen MR) is 93.1 cm³/mol. The van der Waals surface area contributed by atoms with E-state index in [1.54, 1.807) is 0 Å². The molecule has 0 bridgehead atoms. The lowest BCUT2D eigenvalue weighted by Gasteiger charge is -2.26. The molecule has 3 rings (SSSR count). The molecule has 2 fully saturated rings. The van der Waals surface area contributed by atoms with E-state index in [4.69, 9.17) is 9.47 Å². The lowest BCUT2D eigenvalue weighted by molar-refractivity contribution is 0.0388. The second kappa shape index (κ2) is 9.01. The highest BCUT2D eigenvalue weighted by Crippen LogP contribution is 2.29. The molecule has 0 spiro atoms. The highest BCUT2D eigenvalue weighted by molar-refractivity contribution is 5.89. The van der Waals surface area contributed by atoms with Crippen LogP contribution in [0.25, 0.3) is 0 Å². The third-order valence-electron chi connectivity index (χ3n) is 4.32. The van der Waals surface area contributed by atoms with Crippen LogP contribution >= 0.6 is 0 Å². The number of anilines is 1. The molecule has 6 nitrogen and oxygen atoms in total. The van der Waals surface area contributed by atoms with Gasteiger partial charge in [0.1, 0.15) is 0 Å². The standard InChI is InChI=1S/C18H27N3O3/c22-18(19-6-7-21-8-10-23-11-9-21)20-17-3-1-2-16(12-17)14-24-13-15-4-5-15/h1-3,12,15H,4-11,13-14H2,(H2,19,20,22). The Hall–Kier alpha value is -1.63. The average molecular weight is 333 g/mol. The van der Waals surface area contributed by atoms with Crippen LogP contribution < -0.4 is 10.6 Å². The minimum atomic E-state index is -0.167. The first-order chi connectivity index (χ1) is 11.8. The summed E-state index contributed by atoms with van der Waals surface area (Å²) in [6, 6.07) is 7.66. The number of morpholine rings is 1. The molecule has 2 aliphatic rings. The summed E-state index contributed by atoms with van der Waals surface area (Å²) >= 11 is 0. The van der Waals surface area contributed by atoms with Gasteiger partial charge in [0, 0.05) is 38.5 Å². The van der Waals surface area contributed by atoms with Crippen molar-refractivity contribution in [2.45, 2.75) is 19.4 Å². The van der Waals surface area contributed by atoms with Crippen LogP contribution in [0.1, 0.15) is 18.4 Å². The number of ether oxygens (including phenoxy) is 2. The molecule has 2 N–H and O–H groups in total. The number of rotatable bonds is 8. The molecule has 0 aromatic heterocycles. The summed E-state index contributed by atoms with van der Waals surface area (Å²) in [6.45, 7) is 6.37. The molecule has 0 radical (unpaired) electrons. The minimum Gasteiger partial charge on any atom is -0.379 e. The molecule has 1 saturated heterocycles. The molecule has 1 aliphatic heterocycles. The monoisotopic (exact) mass is 333 g/mol. The van der Waals surface area contributed by atoms with E-state index in [9.17, 15) is 4.79 Å². The smallest absolute Gasteiger partial charge is 0.319 e. The number of benzene rings is 1. The number of amides is 2. The maximum absolute atomic E-state index is 12.0. The van der Waals surface area contributed by atoms with Gasteiger partial charge in [0.15, 0.2) is 0 Å². The molecular weight excluding hydrogens is 306 g/mol. The average Bonchev–Trinajstić information content (AvgIpc) is 3.40. The molecule has 0 atom stereocenters. The number of carbonyl (C=O) groups is 1. The summed E-state index contributed by atoms with van der Waals surface area (Å²) in [5.41, 5.74) is 1.88. The maximum atomic E-state index is 12.0. The van der Waals surface area contributed by atoms with Gasteiger partial charge in [0.05, 0.1) is 19.8 Å². The molecule has 1 aliphatic carbocycles. The number of urea groups is 1. The summed E-state index contributed by atoms with van der Waals surface area (Å²) in [6.07, 6.45) is 2.60. The van der Waals surface area contributed by atoms with Gasteiger partial charge in [-0.1, -0.05) is 12.1 Å². The molecule has 24 heavy (non-hydrogen) atoms. The maximum Gasteiger partial charge on any atom is 0.319 e. The van der Waals surface area contributed by atoms with E-state index in [2.05, 4.69) is 15.5 Å². The van der Waals surface area contributed by atoms with E-state index in [1.807, 2.05) is 24.3 Å². The van der Waals surface area contributed by atoms with Crippen molar-refractivity contribution in [3.63, 3.8) is 0 Å². The van der Waals surface area contributed by atoms with Gasteiger partial charge >= 0.3 is 6.03 Å². The Labute approximate surface area is 143 Å². The van der Waals surface area contributed by atoms with Crippen LogP contribution in [0, 0.1) is 5.92 Å². The topological polar surface area (TPSA) is 62.8 Å². The summed E-state index contributed by atoms with van der Waals surface area (Å²) in [5.74, 6) is 0.767. The Morgan fingerprint density at radius 3 is 2.92 bits per heavy atom. The summed E-state index contributed by atoms with van der Waals surface area (Å²) < 4.78 is 11.0. The van der Waals surface area contributed by atoms with Crippen molar-refractivity contribution in [3.8, 4) is 0 Å². The van der Waals surface area contributed by atoms with Crippen LogP contribution in [-0.2, 0) is 16.1 Å². The van der Waals surface area contributed by atoms with E-state index in [0.29, 0.717) is 13.2 Å². The van der Waals surface area contributed by atoms with E-state index >= 15 is 0 Å². The molecule has 1 heterocycles. The normalized spacial score (nSPS) is 18.3. The van der Waals surface area contributed by atoms with Gasteiger partial charge in [-0.3, -0.25) is 4.90 Å². The first kappa shape index (κ1) is 17.2. The Morgan fingerprint density at radius 1 is 1.29 bits per heavy atom. The first-order valence-electron chi connectivity index (χ1n) is 8.81. The summed E-state index contributed by atoms with van der Waals surface area (Å²) in [5, 5.41) is 5.78. The third kappa shape index (κ3) is 6.11. The lowest BCUT2D eigenvalue weighted by Crippen LogP contribution is -2.42. The van der Waals surface area contributed by atoms with Crippen molar-refractivity contribution in [1.82, 2.24) is 10.2 Å². The molecule has 2 amide bonds. The van der Waals surface area contributed by atoms with Gasteiger partial charge in [0.2, 0.25) is 0 Å². The van der Waals surface area contributed by atoms with E-state index in [1.165, 1.54) is 12.8 Å². The van der Waals surface area contributed by atoms with E-state index < -0.39 is 0 Å². The Kier molecular flexibility index (Phi) is 6.46. The molecule has 132 valence electrons. The highest BCUT2D eigenvalue weighted by atomic mass is 16.5. The number of nitrogens with zero attached hydrogens (tertiary/aromatic N) is 1. The van der Waals surface area contributed by atoms with Gasteiger partial charge in [-0.05, 0) is 36.5 Å². The van der Waals surface area contributed by atoms with Crippen molar-refractivity contribution in [3.05, 3.63) is 29.8 Å². The van der Waals surface area contributed by atoms with Crippen LogP contribution in [-0.4, -0.2) is 56.9 Å². The lowest BCUT2D eigenvalue weighted by atomic mass is 10.2. The SMILES string of the molecule is O=C(NCCN1CCOCC1)Nc1cccc(COCC2CC2)c1. The minimum absolute atomic E-state index is 0.167. The molecule has 6 heteroatoms. The second-order valence-electron chi connectivity index (χ2n) is 6.49. The molecule has 0 unspecified atom stereocenters. The van der Waals surface area contributed by atoms with Gasteiger partial charge < -0.3 is 20.1 Å². The highest BCUT2D eigenvalue weighted by Gasteiger charge is 2.21. The van der Waals surface area contributed by atoms with Crippen molar-refractivity contribution in [2.75, 3.05) is 51.3 Å². The van der Waals surface area contributed by atoms with Crippen molar-refractivity contribution >= 4 is 11.7 Å². The fraction of sp³-hybridized carbons (Fsp3) is 0.611. The van der Waals surface area contributed by atoms with Crippen molar-refractivity contribution in [1.29, 1.82) is 0 Å². The zero-order valence-electron chi connectivity index (χ0n) is 14.1. The summed E-state index contributed by atoms with van der Waals surface area (Å²) in [7, 11) is 0. The second-order valence-corrected chi connectivity index (χ2v) is 6.49. The number of hydrogen-bond acceptors (Lipinski definition) is 4. The van der Waals surface area contributed by atoms with E-state index in [-0.39, 0.29) is 6.03 Å². The van der Waals surface area contributed by atoms with Crippen molar-refractivity contribution < 1.29 is 14.3 Å². The Morgan fingerprint density at radius 2 is 2.12 bits per heavy atom.